The van der Waals surface area contributed by atoms with E-state index >= 15 is 0 Å². The van der Waals surface area contributed by atoms with Crippen molar-refractivity contribution in [2.45, 2.75) is 37.5 Å². The highest BCUT2D eigenvalue weighted by Crippen LogP contribution is 2.43. The van der Waals surface area contributed by atoms with E-state index in [0.29, 0.717) is 22.9 Å². The van der Waals surface area contributed by atoms with Crippen LogP contribution >= 0.6 is 0 Å². The summed E-state index contributed by atoms with van der Waals surface area (Å²) in [6, 6.07) is 10.9. The van der Waals surface area contributed by atoms with Crippen molar-refractivity contribution in [2.75, 3.05) is 39.3 Å². The number of hydrogen-bond acceptors (Lipinski definition) is 4. The molecule has 0 spiro atoms. The summed E-state index contributed by atoms with van der Waals surface area (Å²) < 4.78 is 26.4. The molecule has 0 fully saturated rings. The lowest BCUT2D eigenvalue weighted by Crippen LogP contribution is -2.22. The number of hydrogen-bond donors (Lipinski definition) is 0. The third-order valence-corrected chi connectivity index (χ3v) is 7.53. The molecule has 1 aliphatic rings. The second-order valence-electron chi connectivity index (χ2n) is 7.45. The summed E-state index contributed by atoms with van der Waals surface area (Å²) in [5, 5.41) is 0. The van der Waals surface area contributed by atoms with Gasteiger partial charge in [-0.2, -0.15) is 0 Å². The van der Waals surface area contributed by atoms with Crippen LogP contribution in [0.3, 0.4) is 0 Å². The van der Waals surface area contributed by atoms with Crippen LogP contribution in [0.1, 0.15) is 38.8 Å². The van der Waals surface area contributed by atoms with Crippen molar-refractivity contribution in [1.29, 1.82) is 0 Å². The van der Waals surface area contributed by atoms with E-state index < -0.39 is 9.84 Å². The molecule has 3 rings (SSSR count). The zero-order valence-electron chi connectivity index (χ0n) is 18.8. The number of benzene rings is 2. The molecule has 0 amide bonds. The Hall–Kier alpha value is -2.57. The molecule has 162 valence electrons. The largest absolute Gasteiger partial charge is 0.293 e. The molecule has 4 nitrogen and oxygen atoms in total. The Balaban J connectivity index is 1.88. The van der Waals surface area contributed by atoms with Crippen LogP contribution < -0.4 is 0 Å². The smallest absolute Gasteiger partial charge is 0.207 e. The molecule has 1 heterocycles. The van der Waals surface area contributed by atoms with E-state index in [9.17, 15) is 8.42 Å². The second kappa shape index (κ2) is 10.2. The number of sulfone groups is 1. The molecule has 0 bridgehead atoms. The van der Waals surface area contributed by atoms with Gasteiger partial charge in [0.25, 0.3) is 0 Å². The minimum atomic E-state index is -3.57. The van der Waals surface area contributed by atoms with E-state index in [1.165, 1.54) is 0 Å². The first kappa shape index (κ1) is 23.1. The van der Waals surface area contributed by atoms with Crippen molar-refractivity contribution in [2.24, 2.45) is 0 Å². The van der Waals surface area contributed by atoms with Gasteiger partial charge in [0.15, 0.2) is 0 Å². The molecule has 0 aliphatic carbocycles. The standard InChI is InChI=1S/C26H30N2O2S/c1-5-27(6-2)17-9-11-21-13-15-23-24-16-14-22(12-10-18-28(7-3)8-4)20-26(24)31(29,30)25(23)19-21/h13-16,19-20H,5-8,17-18H2,1-4H3. The molecule has 5 heteroatoms. The monoisotopic (exact) mass is 434 g/mol. The highest BCUT2D eigenvalue weighted by Gasteiger charge is 2.33. The predicted molar refractivity (Wildman–Crippen MR) is 127 cm³/mol. The van der Waals surface area contributed by atoms with E-state index in [-0.39, 0.29) is 0 Å². The zero-order valence-corrected chi connectivity index (χ0v) is 19.6. The van der Waals surface area contributed by atoms with Gasteiger partial charge in [0.2, 0.25) is 9.84 Å². The predicted octanol–water partition coefficient (Wildman–Crippen LogP) is 3.89. The third-order valence-electron chi connectivity index (χ3n) is 5.69. The number of fused-ring (bicyclic) bond motifs is 3. The fraction of sp³-hybridized carbons (Fsp3) is 0.385. The molecular formula is C26H30N2O2S. The van der Waals surface area contributed by atoms with Crippen molar-refractivity contribution in [3.8, 4) is 34.8 Å². The second-order valence-corrected chi connectivity index (χ2v) is 9.34. The van der Waals surface area contributed by atoms with Crippen LogP contribution in [0.4, 0.5) is 0 Å². The van der Waals surface area contributed by atoms with Crippen molar-refractivity contribution in [3.05, 3.63) is 47.5 Å². The first-order chi connectivity index (χ1) is 14.9. The Kier molecular flexibility index (Phi) is 7.57. The summed E-state index contributed by atoms with van der Waals surface area (Å²) >= 11 is 0. The SMILES string of the molecule is CCN(CC)CC#Cc1ccc2c(c1)S(=O)(=O)c1cc(C#CCN(CC)CC)ccc1-2. The van der Waals surface area contributed by atoms with Crippen molar-refractivity contribution in [3.63, 3.8) is 0 Å². The number of nitrogens with zero attached hydrogens (tertiary/aromatic N) is 2. The van der Waals surface area contributed by atoms with Gasteiger partial charge >= 0.3 is 0 Å². The lowest BCUT2D eigenvalue weighted by atomic mass is 10.0. The number of rotatable bonds is 6. The summed E-state index contributed by atoms with van der Waals surface area (Å²) in [6.07, 6.45) is 0. The third kappa shape index (κ3) is 5.02. The van der Waals surface area contributed by atoms with E-state index in [4.69, 9.17) is 0 Å². The van der Waals surface area contributed by atoms with Crippen LogP contribution in [0.15, 0.2) is 46.2 Å². The molecular weight excluding hydrogens is 404 g/mol. The van der Waals surface area contributed by atoms with Gasteiger partial charge in [-0.25, -0.2) is 8.42 Å². The summed E-state index contributed by atoms with van der Waals surface area (Å²) in [5.41, 5.74) is 2.93. The molecule has 0 radical (unpaired) electrons. The topological polar surface area (TPSA) is 40.6 Å². The van der Waals surface area contributed by atoms with Gasteiger partial charge in [0.05, 0.1) is 22.9 Å². The fourth-order valence-electron chi connectivity index (χ4n) is 3.61. The Bertz CT molecular complexity index is 1080. The summed E-state index contributed by atoms with van der Waals surface area (Å²) in [6.45, 7) is 13.5. The lowest BCUT2D eigenvalue weighted by molar-refractivity contribution is 0.342. The Labute approximate surface area is 187 Å². The highest BCUT2D eigenvalue weighted by atomic mass is 32.2. The first-order valence-electron chi connectivity index (χ1n) is 10.9. The van der Waals surface area contributed by atoms with Gasteiger partial charge in [-0.15, -0.1) is 0 Å². The molecule has 0 N–H and O–H groups in total. The summed E-state index contributed by atoms with van der Waals surface area (Å²) in [5.74, 6) is 12.5. The van der Waals surface area contributed by atoms with Crippen molar-refractivity contribution >= 4 is 9.84 Å². The minimum Gasteiger partial charge on any atom is -0.293 e. The quantitative estimate of drug-likeness (QED) is 0.552. The van der Waals surface area contributed by atoms with E-state index in [1.807, 2.05) is 24.3 Å². The molecule has 0 saturated carbocycles. The van der Waals surface area contributed by atoms with Gasteiger partial charge in [0.1, 0.15) is 0 Å². The van der Waals surface area contributed by atoms with E-state index in [1.54, 1.807) is 12.1 Å². The first-order valence-corrected chi connectivity index (χ1v) is 12.4. The summed E-state index contributed by atoms with van der Waals surface area (Å²) in [7, 11) is -3.57. The van der Waals surface area contributed by atoms with Gasteiger partial charge in [-0.3, -0.25) is 9.80 Å². The van der Waals surface area contributed by atoms with Gasteiger partial charge in [-0.05, 0) is 50.4 Å². The average Bonchev–Trinajstić information content (AvgIpc) is 3.01. The maximum Gasteiger partial charge on any atom is 0.207 e. The van der Waals surface area contributed by atoms with Crippen molar-refractivity contribution in [1.82, 2.24) is 9.80 Å². The van der Waals surface area contributed by atoms with Crippen LogP contribution in [0.25, 0.3) is 11.1 Å². The summed E-state index contributed by atoms with van der Waals surface area (Å²) in [4.78, 5) is 5.11. The van der Waals surface area contributed by atoms with Gasteiger partial charge in [0, 0.05) is 22.3 Å². The Morgan fingerprint density at radius 1 is 0.677 bits per heavy atom. The Morgan fingerprint density at radius 3 is 1.42 bits per heavy atom. The van der Waals surface area contributed by atoms with Crippen LogP contribution in [-0.2, 0) is 9.84 Å². The molecule has 31 heavy (non-hydrogen) atoms. The molecule has 1 aliphatic heterocycles. The molecule has 0 saturated heterocycles. The minimum absolute atomic E-state index is 0.338. The highest BCUT2D eigenvalue weighted by molar-refractivity contribution is 7.92. The maximum absolute atomic E-state index is 13.2. The molecule has 0 aromatic heterocycles. The molecule has 0 unspecified atom stereocenters. The van der Waals surface area contributed by atoms with E-state index in [0.717, 1.165) is 48.4 Å². The molecule has 2 aromatic rings. The fourth-order valence-corrected chi connectivity index (χ4v) is 5.35. The zero-order chi connectivity index (χ0) is 22.4. The normalized spacial score (nSPS) is 13.2. The van der Waals surface area contributed by atoms with Crippen molar-refractivity contribution < 1.29 is 8.42 Å². The van der Waals surface area contributed by atoms with Gasteiger partial charge in [-0.1, -0.05) is 63.5 Å². The van der Waals surface area contributed by atoms with Crippen LogP contribution in [0.5, 0.6) is 0 Å². The maximum atomic E-state index is 13.2. The Morgan fingerprint density at radius 2 is 1.06 bits per heavy atom. The van der Waals surface area contributed by atoms with Crippen LogP contribution in [0.2, 0.25) is 0 Å². The molecule has 2 aromatic carbocycles. The van der Waals surface area contributed by atoms with Crippen LogP contribution in [0, 0.1) is 23.7 Å². The van der Waals surface area contributed by atoms with E-state index in [2.05, 4.69) is 61.2 Å². The average molecular weight is 435 g/mol. The lowest BCUT2D eigenvalue weighted by Gasteiger charge is -2.13. The molecule has 0 atom stereocenters. The van der Waals surface area contributed by atoms with Gasteiger partial charge < -0.3 is 0 Å². The van der Waals surface area contributed by atoms with Crippen LogP contribution in [-0.4, -0.2) is 57.5 Å².